The summed E-state index contributed by atoms with van der Waals surface area (Å²) < 4.78 is 6.06. The lowest BCUT2D eigenvalue weighted by Gasteiger charge is -2.04. The van der Waals surface area contributed by atoms with Crippen LogP contribution in [-0.2, 0) is 4.79 Å². The topological polar surface area (TPSA) is 93.4 Å². The van der Waals surface area contributed by atoms with E-state index in [4.69, 9.17) is 10.5 Å². The van der Waals surface area contributed by atoms with Crippen LogP contribution in [0.25, 0.3) is 10.1 Å². The Balaban J connectivity index is 2.12. The van der Waals surface area contributed by atoms with Gasteiger partial charge in [-0.25, -0.2) is 0 Å². The van der Waals surface area contributed by atoms with Gasteiger partial charge in [-0.2, -0.15) is 0 Å². The molecule has 1 aromatic carbocycles. The molecule has 2 rings (SSSR count). The normalized spacial score (nSPS) is 10.4. The number of nitrogens with two attached hydrogens (primary N) is 1. The molecule has 7 heteroatoms. The molecule has 0 spiro atoms. The van der Waals surface area contributed by atoms with Gasteiger partial charge in [0.1, 0.15) is 10.6 Å². The van der Waals surface area contributed by atoms with E-state index in [-0.39, 0.29) is 11.8 Å². The molecule has 0 saturated carbocycles. The summed E-state index contributed by atoms with van der Waals surface area (Å²) in [5.41, 5.74) is 6.49. The van der Waals surface area contributed by atoms with Crippen LogP contribution in [0.1, 0.15) is 16.6 Å². The molecule has 0 radical (unpaired) electrons. The highest BCUT2D eigenvalue weighted by Gasteiger charge is 2.16. The Morgan fingerprint density at radius 1 is 1.29 bits per heavy atom. The van der Waals surface area contributed by atoms with E-state index in [9.17, 15) is 9.59 Å². The van der Waals surface area contributed by atoms with Gasteiger partial charge in [0.05, 0.1) is 12.8 Å². The molecule has 1 aromatic heterocycles. The first kappa shape index (κ1) is 15.1. The molecule has 0 aliphatic rings. The molecule has 2 aromatic rings. The first-order chi connectivity index (χ1) is 10.0. The summed E-state index contributed by atoms with van der Waals surface area (Å²) in [6.07, 6.45) is 0. The molecule has 0 aliphatic heterocycles. The second-order valence-corrected chi connectivity index (χ2v) is 5.50. The molecular weight excluding hydrogens is 290 g/mol. The van der Waals surface area contributed by atoms with Gasteiger partial charge in [-0.15, -0.1) is 11.3 Å². The Morgan fingerprint density at radius 3 is 2.67 bits per heavy atom. The fourth-order valence-electron chi connectivity index (χ4n) is 1.89. The number of ether oxygens (including phenoxy) is 1. The van der Waals surface area contributed by atoms with Crippen LogP contribution in [0.5, 0.6) is 5.75 Å². The fraction of sp³-hybridized carbons (Fsp3) is 0.286. The monoisotopic (exact) mass is 307 g/mol. The highest BCUT2D eigenvalue weighted by molar-refractivity contribution is 7.21. The zero-order valence-corrected chi connectivity index (χ0v) is 12.7. The first-order valence-electron chi connectivity index (χ1n) is 6.41. The van der Waals surface area contributed by atoms with Crippen LogP contribution in [0.2, 0.25) is 0 Å². The molecule has 0 saturated heterocycles. The molecule has 6 nitrogen and oxygen atoms in total. The number of methoxy groups -OCH3 is 1. The number of fused-ring (bicyclic) bond motifs is 1. The predicted molar refractivity (Wildman–Crippen MR) is 83.8 cm³/mol. The Labute approximate surface area is 126 Å². The molecule has 0 unspecified atom stereocenters. The second kappa shape index (κ2) is 6.45. The third kappa shape index (κ3) is 3.43. The van der Waals surface area contributed by atoms with Crippen LogP contribution in [0.3, 0.4) is 0 Å². The quantitative estimate of drug-likeness (QED) is 0.727. The van der Waals surface area contributed by atoms with E-state index in [1.165, 1.54) is 18.3 Å². The minimum atomic E-state index is -0.238. The van der Waals surface area contributed by atoms with Crippen LogP contribution in [-0.4, -0.2) is 32.0 Å². The van der Waals surface area contributed by atoms with Crippen LogP contribution in [0.4, 0.5) is 5.69 Å². The summed E-state index contributed by atoms with van der Waals surface area (Å²) in [5, 5.41) is 6.18. The van der Waals surface area contributed by atoms with E-state index in [1.807, 2.05) is 18.2 Å². The third-order valence-corrected chi connectivity index (χ3v) is 4.09. The van der Waals surface area contributed by atoms with Gasteiger partial charge >= 0.3 is 0 Å². The van der Waals surface area contributed by atoms with Crippen molar-refractivity contribution in [3.63, 3.8) is 0 Å². The van der Waals surface area contributed by atoms with Crippen LogP contribution >= 0.6 is 11.3 Å². The number of nitrogen functional groups attached to an aromatic ring is 1. The maximum Gasteiger partial charge on any atom is 0.263 e. The SMILES string of the molecule is COc1ccc2c(N)c(C(=O)NCCNC(C)=O)sc2c1. The standard InChI is InChI=1S/C14H17N3O3S/c1-8(18)16-5-6-17-14(19)13-12(15)10-4-3-9(20-2)7-11(10)21-13/h3-4,7H,5-6,15H2,1-2H3,(H,16,18)(H,17,19). The van der Waals surface area contributed by atoms with E-state index in [1.54, 1.807) is 7.11 Å². The number of nitrogens with one attached hydrogen (secondary N) is 2. The molecular formula is C14H17N3O3S. The van der Waals surface area contributed by atoms with Crippen LogP contribution in [0.15, 0.2) is 18.2 Å². The smallest absolute Gasteiger partial charge is 0.263 e. The maximum absolute atomic E-state index is 12.1. The Bertz CT molecular complexity index is 681. The van der Waals surface area contributed by atoms with Crippen molar-refractivity contribution in [2.75, 3.05) is 25.9 Å². The second-order valence-electron chi connectivity index (χ2n) is 4.45. The van der Waals surface area contributed by atoms with Crippen molar-refractivity contribution in [2.24, 2.45) is 0 Å². The van der Waals surface area contributed by atoms with Crippen molar-refractivity contribution in [1.29, 1.82) is 0 Å². The zero-order chi connectivity index (χ0) is 15.4. The van der Waals surface area contributed by atoms with Gasteiger partial charge in [0, 0.05) is 30.1 Å². The number of hydrogen-bond acceptors (Lipinski definition) is 5. The van der Waals surface area contributed by atoms with Gasteiger partial charge in [0.2, 0.25) is 5.91 Å². The Kier molecular flexibility index (Phi) is 4.64. The highest BCUT2D eigenvalue weighted by atomic mass is 32.1. The van der Waals surface area contributed by atoms with Gasteiger partial charge in [-0.05, 0) is 18.2 Å². The van der Waals surface area contributed by atoms with Crippen LogP contribution in [0, 0.1) is 0 Å². The van der Waals surface area contributed by atoms with E-state index in [0.717, 1.165) is 15.8 Å². The predicted octanol–water partition coefficient (Wildman–Crippen LogP) is 1.36. The van der Waals surface area contributed by atoms with Crippen molar-refractivity contribution >= 4 is 38.9 Å². The van der Waals surface area contributed by atoms with E-state index in [0.29, 0.717) is 23.7 Å². The molecule has 2 amide bonds. The minimum absolute atomic E-state index is 0.127. The summed E-state index contributed by atoms with van der Waals surface area (Å²) in [6.45, 7) is 2.17. The van der Waals surface area contributed by atoms with Crippen molar-refractivity contribution in [2.45, 2.75) is 6.92 Å². The van der Waals surface area contributed by atoms with Gasteiger partial charge in [0.25, 0.3) is 5.91 Å². The number of carbonyl (C=O) groups excluding carboxylic acids is 2. The number of thiophene rings is 1. The number of anilines is 1. The fourth-order valence-corrected chi connectivity index (χ4v) is 2.96. The number of carbonyl (C=O) groups is 2. The van der Waals surface area contributed by atoms with Crippen molar-refractivity contribution in [3.8, 4) is 5.75 Å². The van der Waals surface area contributed by atoms with Gasteiger partial charge in [-0.1, -0.05) is 0 Å². The molecule has 4 N–H and O–H groups in total. The highest BCUT2D eigenvalue weighted by Crippen LogP contribution is 2.35. The third-order valence-electron chi connectivity index (χ3n) is 2.93. The molecule has 0 fully saturated rings. The summed E-state index contributed by atoms with van der Waals surface area (Å²) in [6, 6.07) is 5.50. The summed E-state index contributed by atoms with van der Waals surface area (Å²) >= 11 is 1.32. The van der Waals surface area contributed by atoms with Gasteiger partial charge < -0.3 is 21.1 Å². The lowest BCUT2D eigenvalue weighted by atomic mass is 10.2. The van der Waals surface area contributed by atoms with Gasteiger partial charge in [0.15, 0.2) is 0 Å². The first-order valence-corrected chi connectivity index (χ1v) is 7.23. The van der Waals surface area contributed by atoms with Gasteiger partial charge in [-0.3, -0.25) is 9.59 Å². The van der Waals surface area contributed by atoms with Crippen molar-refractivity contribution in [3.05, 3.63) is 23.1 Å². The number of benzene rings is 1. The molecule has 0 aliphatic carbocycles. The Hall–Kier alpha value is -2.28. The number of hydrogen-bond donors (Lipinski definition) is 3. The zero-order valence-electron chi connectivity index (χ0n) is 11.9. The average molecular weight is 307 g/mol. The van der Waals surface area contributed by atoms with Crippen molar-refractivity contribution in [1.82, 2.24) is 10.6 Å². The molecule has 0 atom stereocenters. The molecule has 1 heterocycles. The lowest BCUT2D eigenvalue weighted by molar-refractivity contribution is -0.118. The lowest BCUT2D eigenvalue weighted by Crippen LogP contribution is -2.33. The van der Waals surface area contributed by atoms with Crippen LogP contribution < -0.4 is 21.1 Å². The average Bonchev–Trinajstić information content (AvgIpc) is 2.79. The van der Waals surface area contributed by atoms with Crippen molar-refractivity contribution < 1.29 is 14.3 Å². The summed E-state index contributed by atoms with van der Waals surface area (Å²) in [4.78, 5) is 23.3. The number of rotatable bonds is 5. The maximum atomic E-state index is 12.1. The minimum Gasteiger partial charge on any atom is -0.497 e. The number of amides is 2. The largest absolute Gasteiger partial charge is 0.497 e. The summed E-state index contributed by atoms with van der Waals surface area (Å²) in [5.74, 6) is 0.358. The summed E-state index contributed by atoms with van der Waals surface area (Å²) in [7, 11) is 1.59. The van der Waals surface area contributed by atoms with E-state index in [2.05, 4.69) is 10.6 Å². The van der Waals surface area contributed by atoms with E-state index >= 15 is 0 Å². The Morgan fingerprint density at radius 2 is 2.00 bits per heavy atom. The molecule has 21 heavy (non-hydrogen) atoms. The molecule has 0 bridgehead atoms. The molecule has 112 valence electrons. The van der Waals surface area contributed by atoms with E-state index < -0.39 is 0 Å².